The number of anilines is 1. The Bertz CT molecular complexity index is 1140. The van der Waals surface area contributed by atoms with E-state index in [1.54, 1.807) is 30.3 Å². The molecule has 1 aromatic heterocycles. The van der Waals surface area contributed by atoms with Gasteiger partial charge in [0.25, 0.3) is 5.91 Å². The van der Waals surface area contributed by atoms with Gasteiger partial charge in [0.1, 0.15) is 5.52 Å². The normalized spacial score (nSPS) is 10.9. The molecule has 0 unspecified atom stereocenters. The second-order valence-corrected chi connectivity index (χ2v) is 7.82. The number of rotatable bonds is 3. The standard InChI is InChI=1S/C20H11Cl2IN2O2/c21-15-7-5-11(23)9-13(15)19(26)24-12-6-8-16(22)14(10-12)20-25-17-3-1-2-4-18(17)27-20/h1-10H,(H,24,26). The Morgan fingerprint density at radius 1 is 1.00 bits per heavy atom. The van der Waals surface area contributed by atoms with E-state index in [1.807, 2.05) is 30.3 Å². The third-order valence-electron chi connectivity index (χ3n) is 3.92. The predicted octanol–water partition coefficient (Wildman–Crippen LogP) is 6.66. The number of hydrogen-bond donors (Lipinski definition) is 1. The molecule has 0 fully saturated rings. The molecule has 0 saturated heterocycles. The molecule has 4 nitrogen and oxygen atoms in total. The van der Waals surface area contributed by atoms with Crippen molar-refractivity contribution in [2.75, 3.05) is 5.32 Å². The lowest BCUT2D eigenvalue weighted by Crippen LogP contribution is -2.12. The minimum absolute atomic E-state index is 0.302. The van der Waals surface area contributed by atoms with Gasteiger partial charge in [0, 0.05) is 9.26 Å². The molecular weight excluding hydrogens is 498 g/mol. The number of hydrogen-bond acceptors (Lipinski definition) is 3. The molecule has 7 heteroatoms. The molecule has 0 atom stereocenters. The lowest BCUT2D eigenvalue weighted by atomic mass is 10.1. The topological polar surface area (TPSA) is 55.1 Å². The van der Waals surface area contributed by atoms with Crippen molar-refractivity contribution in [3.8, 4) is 11.5 Å². The Hall–Kier alpha value is -2.09. The van der Waals surface area contributed by atoms with E-state index in [2.05, 4.69) is 32.9 Å². The van der Waals surface area contributed by atoms with Crippen molar-refractivity contribution in [1.82, 2.24) is 4.98 Å². The summed E-state index contributed by atoms with van der Waals surface area (Å²) in [6.07, 6.45) is 0. The molecular formula is C20H11Cl2IN2O2. The SMILES string of the molecule is O=C(Nc1ccc(Cl)c(-c2nc3ccccc3o2)c1)c1cc(I)ccc1Cl. The van der Waals surface area contributed by atoms with Gasteiger partial charge in [-0.1, -0.05) is 35.3 Å². The quantitative estimate of drug-likeness (QED) is 0.315. The van der Waals surface area contributed by atoms with Gasteiger partial charge in [-0.25, -0.2) is 4.98 Å². The Balaban J connectivity index is 1.68. The number of amides is 1. The Kier molecular flexibility index (Phi) is 5.08. The first-order valence-electron chi connectivity index (χ1n) is 7.93. The maximum atomic E-state index is 12.6. The van der Waals surface area contributed by atoms with Gasteiger partial charge < -0.3 is 9.73 Å². The van der Waals surface area contributed by atoms with E-state index in [-0.39, 0.29) is 5.91 Å². The first kappa shape index (κ1) is 18.3. The van der Waals surface area contributed by atoms with Gasteiger partial charge in [0.2, 0.25) is 5.89 Å². The Morgan fingerprint density at radius 2 is 1.78 bits per heavy atom. The third-order valence-corrected chi connectivity index (χ3v) is 5.25. The average Bonchev–Trinajstić information content (AvgIpc) is 3.09. The summed E-state index contributed by atoms with van der Waals surface area (Å²) in [5.41, 5.74) is 2.98. The average molecular weight is 509 g/mol. The minimum Gasteiger partial charge on any atom is -0.436 e. The van der Waals surface area contributed by atoms with Gasteiger partial charge >= 0.3 is 0 Å². The molecule has 27 heavy (non-hydrogen) atoms. The third kappa shape index (κ3) is 3.81. The lowest BCUT2D eigenvalue weighted by Gasteiger charge is -2.09. The molecule has 4 rings (SSSR count). The molecule has 0 saturated carbocycles. The van der Waals surface area contributed by atoms with Gasteiger partial charge in [-0.2, -0.15) is 0 Å². The van der Waals surface area contributed by atoms with Crippen LogP contribution in [0.25, 0.3) is 22.6 Å². The van der Waals surface area contributed by atoms with Crippen molar-refractivity contribution in [2.45, 2.75) is 0 Å². The molecule has 0 aliphatic rings. The number of carbonyl (C=O) groups excluding carboxylic acids is 1. The fourth-order valence-corrected chi connectivity index (χ4v) is 3.52. The summed E-state index contributed by atoms with van der Waals surface area (Å²) in [6.45, 7) is 0. The Morgan fingerprint density at radius 3 is 2.59 bits per heavy atom. The molecule has 1 amide bonds. The highest BCUT2D eigenvalue weighted by Gasteiger charge is 2.15. The van der Waals surface area contributed by atoms with Crippen LogP contribution in [-0.2, 0) is 0 Å². The molecule has 0 radical (unpaired) electrons. The first-order valence-corrected chi connectivity index (χ1v) is 9.76. The fraction of sp³-hybridized carbons (Fsp3) is 0. The van der Waals surface area contributed by atoms with Crippen LogP contribution < -0.4 is 5.32 Å². The van der Waals surface area contributed by atoms with Crippen LogP contribution >= 0.6 is 45.8 Å². The molecule has 4 aromatic rings. The van der Waals surface area contributed by atoms with E-state index in [1.165, 1.54) is 0 Å². The summed E-state index contributed by atoms with van der Waals surface area (Å²) in [5, 5.41) is 3.71. The summed E-state index contributed by atoms with van der Waals surface area (Å²) in [5.74, 6) is 0.0916. The predicted molar refractivity (Wildman–Crippen MR) is 117 cm³/mol. The molecule has 3 aromatic carbocycles. The van der Waals surface area contributed by atoms with E-state index < -0.39 is 0 Å². The van der Waals surface area contributed by atoms with Crippen molar-refractivity contribution < 1.29 is 9.21 Å². The number of carbonyl (C=O) groups is 1. The van der Waals surface area contributed by atoms with Gasteiger partial charge in [-0.05, 0) is 71.1 Å². The lowest BCUT2D eigenvalue weighted by molar-refractivity contribution is 0.102. The highest BCUT2D eigenvalue weighted by Crippen LogP contribution is 2.32. The molecule has 0 aliphatic heterocycles. The molecule has 0 bridgehead atoms. The number of para-hydroxylation sites is 2. The van der Waals surface area contributed by atoms with Crippen LogP contribution in [0.15, 0.2) is 65.1 Å². The molecule has 0 spiro atoms. The summed E-state index contributed by atoms with van der Waals surface area (Å²) >= 11 is 14.6. The minimum atomic E-state index is -0.302. The number of oxazole rings is 1. The van der Waals surface area contributed by atoms with Crippen LogP contribution in [0.2, 0.25) is 10.0 Å². The van der Waals surface area contributed by atoms with E-state index >= 15 is 0 Å². The Labute approximate surface area is 178 Å². The number of nitrogens with zero attached hydrogens (tertiary/aromatic N) is 1. The highest BCUT2D eigenvalue weighted by atomic mass is 127. The second kappa shape index (κ2) is 7.50. The first-order chi connectivity index (χ1) is 13.0. The van der Waals surface area contributed by atoms with Crippen molar-refractivity contribution in [2.24, 2.45) is 0 Å². The number of aromatic nitrogens is 1. The van der Waals surface area contributed by atoms with Crippen molar-refractivity contribution in [3.05, 3.63) is 79.8 Å². The second-order valence-electron chi connectivity index (χ2n) is 5.76. The van der Waals surface area contributed by atoms with Crippen LogP contribution in [0, 0.1) is 3.57 Å². The van der Waals surface area contributed by atoms with Crippen molar-refractivity contribution in [1.29, 1.82) is 0 Å². The number of nitrogens with one attached hydrogen (secondary N) is 1. The monoisotopic (exact) mass is 508 g/mol. The number of fused-ring (bicyclic) bond motifs is 1. The molecule has 1 heterocycles. The van der Waals surface area contributed by atoms with Gasteiger partial charge in [-0.3, -0.25) is 4.79 Å². The van der Waals surface area contributed by atoms with Crippen LogP contribution in [0.5, 0.6) is 0 Å². The molecule has 0 aliphatic carbocycles. The molecule has 1 N–H and O–H groups in total. The number of benzene rings is 3. The van der Waals surface area contributed by atoms with Crippen LogP contribution in [0.3, 0.4) is 0 Å². The van der Waals surface area contributed by atoms with E-state index in [4.69, 9.17) is 27.6 Å². The van der Waals surface area contributed by atoms with Gasteiger partial charge in [-0.15, -0.1) is 0 Å². The summed E-state index contributed by atoms with van der Waals surface area (Å²) in [6, 6.07) is 17.9. The zero-order valence-corrected chi connectivity index (χ0v) is 17.3. The molecule has 134 valence electrons. The summed E-state index contributed by atoms with van der Waals surface area (Å²) in [7, 11) is 0. The van der Waals surface area contributed by atoms with E-state index in [9.17, 15) is 4.79 Å². The van der Waals surface area contributed by atoms with Crippen LogP contribution in [0.1, 0.15) is 10.4 Å². The zero-order chi connectivity index (χ0) is 19.0. The van der Waals surface area contributed by atoms with Crippen LogP contribution in [-0.4, -0.2) is 10.9 Å². The summed E-state index contributed by atoms with van der Waals surface area (Å²) in [4.78, 5) is 17.1. The highest BCUT2D eigenvalue weighted by molar-refractivity contribution is 14.1. The zero-order valence-electron chi connectivity index (χ0n) is 13.7. The number of halogens is 3. The summed E-state index contributed by atoms with van der Waals surface area (Å²) < 4.78 is 6.71. The van der Waals surface area contributed by atoms with Crippen molar-refractivity contribution in [3.63, 3.8) is 0 Å². The largest absolute Gasteiger partial charge is 0.436 e. The van der Waals surface area contributed by atoms with E-state index in [0.29, 0.717) is 38.3 Å². The van der Waals surface area contributed by atoms with E-state index in [0.717, 1.165) is 9.09 Å². The van der Waals surface area contributed by atoms with Crippen molar-refractivity contribution >= 4 is 68.5 Å². The van der Waals surface area contributed by atoms with Gasteiger partial charge in [0.15, 0.2) is 5.58 Å². The smallest absolute Gasteiger partial charge is 0.257 e. The maximum Gasteiger partial charge on any atom is 0.257 e. The van der Waals surface area contributed by atoms with Crippen LogP contribution in [0.4, 0.5) is 5.69 Å². The fourth-order valence-electron chi connectivity index (χ4n) is 2.62. The maximum absolute atomic E-state index is 12.6. The van der Waals surface area contributed by atoms with Gasteiger partial charge in [0.05, 0.1) is 21.2 Å².